The van der Waals surface area contributed by atoms with E-state index in [0.717, 1.165) is 26.1 Å². The third-order valence-corrected chi connectivity index (χ3v) is 5.88. The summed E-state index contributed by atoms with van der Waals surface area (Å²) in [6.07, 6.45) is 1.12. The number of nitrogens with zero attached hydrogens (tertiary/aromatic N) is 2. The van der Waals surface area contributed by atoms with Crippen molar-refractivity contribution in [3.8, 4) is 0 Å². The Labute approximate surface area is 160 Å². The first-order chi connectivity index (χ1) is 12.6. The number of thiophene rings is 1. The molecule has 1 aliphatic rings. The average Bonchev–Trinajstić information content (AvgIpc) is 3.33. The van der Waals surface area contributed by atoms with Gasteiger partial charge in [-0.1, -0.05) is 24.3 Å². The lowest BCUT2D eigenvalue weighted by molar-refractivity contribution is 0.232. The number of benzene rings is 1. The maximum Gasteiger partial charge on any atom is 0.314 e. The Bertz CT molecular complexity index is 674. The van der Waals surface area contributed by atoms with E-state index < -0.39 is 0 Å². The van der Waals surface area contributed by atoms with Crippen LogP contribution in [0, 0.1) is 5.92 Å². The molecule has 2 heterocycles. The summed E-state index contributed by atoms with van der Waals surface area (Å²) >= 11 is 1.72. The van der Waals surface area contributed by atoms with Gasteiger partial charge in [0.1, 0.15) is 0 Å². The largest absolute Gasteiger partial charge is 0.371 e. The van der Waals surface area contributed by atoms with Crippen LogP contribution >= 0.6 is 11.3 Å². The molecule has 2 N–H and O–H groups in total. The number of likely N-dealkylation sites (N-methyl/N-ethyl adjacent to an activating group) is 1. The number of hydrogen-bond donors (Lipinski definition) is 2. The summed E-state index contributed by atoms with van der Waals surface area (Å²) in [6, 6.07) is 14.8. The smallest absolute Gasteiger partial charge is 0.314 e. The second-order valence-electron chi connectivity index (χ2n) is 7.02. The Morgan fingerprint density at radius 3 is 2.73 bits per heavy atom. The summed E-state index contributed by atoms with van der Waals surface area (Å²) in [5, 5.41) is 8.14. The summed E-state index contributed by atoms with van der Waals surface area (Å²) < 4.78 is 0. The van der Waals surface area contributed by atoms with Crippen LogP contribution in [0.2, 0.25) is 0 Å². The molecule has 6 heteroatoms. The van der Waals surface area contributed by atoms with Crippen LogP contribution in [0.5, 0.6) is 0 Å². The first-order valence-corrected chi connectivity index (χ1v) is 10.0. The first-order valence-electron chi connectivity index (χ1n) is 9.15. The zero-order chi connectivity index (χ0) is 18.4. The van der Waals surface area contributed by atoms with E-state index in [0.29, 0.717) is 12.5 Å². The molecule has 2 unspecified atom stereocenters. The predicted molar refractivity (Wildman–Crippen MR) is 109 cm³/mol. The van der Waals surface area contributed by atoms with Gasteiger partial charge < -0.3 is 20.4 Å². The van der Waals surface area contributed by atoms with Crippen molar-refractivity contribution in [1.29, 1.82) is 0 Å². The van der Waals surface area contributed by atoms with Gasteiger partial charge in [0, 0.05) is 36.7 Å². The van der Waals surface area contributed by atoms with Crippen LogP contribution in [0.25, 0.3) is 0 Å². The Morgan fingerprint density at radius 2 is 2.04 bits per heavy atom. The molecule has 1 saturated heterocycles. The molecule has 2 amide bonds. The summed E-state index contributed by atoms with van der Waals surface area (Å²) in [7, 11) is 4.08. The highest BCUT2D eigenvalue weighted by Crippen LogP contribution is 2.23. The molecule has 2 aromatic rings. The lowest BCUT2D eigenvalue weighted by Gasteiger charge is -2.24. The van der Waals surface area contributed by atoms with Gasteiger partial charge in [-0.15, -0.1) is 11.3 Å². The van der Waals surface area contributed by atoms with E-state index in [4.69, 9.17) is 0 Å². The fraction of sp³-hybridized carbons (Fsp3) is 0.450. The van der Waals surface area contributed by atoms with Crippen molar-refractivity contribution in [3.63, 3.8) is 0 Å². The highest BCUT2D eigenvalue weighted by atomic mass is 32.1. The van der Waals surface area contributed by atoms with Crippen LogP contribution < -0.4 is 15.5 Å². The minimum atomic E-state index is -0.0773. The molecular weight excluding hydrogens is 344 g/mol. The molecule has 1 aromatic heterocycles. The fourth-order valence-electron chi connectivity index (χ4n) is 3.38. The van der Waals surface area contributed by atoms with Gasteiger partial charge >= 0.3 is 6.03 Å². The van der Waals surface area contributed by atoms with Gasteiger partial charge in [0.05, 0.1) is 6.04 Å². The summed E-state index contributed by atoms with van der Waals surface area (Å²) in [5.74, 6) is 0.503. The minimum absolute atomic E-state index is 0.0773. The number of carbonyl (C=O) groups excluding carboxylic acids is 1. The number of anilines is 1. The highest BCUT2D eigenvalue weighted by molar-refractivity contribution is 7.10. The van der Waals surface area contributed by atoms with Gasteiger partial charge in [-0.05, 0) is 50.0 Å². The molecule has 0 radical (unpaired) electrons. The molecule has 26 heavy (non-hydrogen) atoms. The maximum atomic E-state index is 12.2. The van der Waals surface area contributed by atoms with Crippen molar-refractivity contribution in [2.45, 2.75) is 12.5 Å². The molecular formula is C20H28N4OS. The van der Waals surface area contributed by atoms with Gasteiger partial charge in [0.15, 0.2) is 0 Å². The third kappa shape index (κ3) is 4.99. The minimum Gasteiger partial charge on any atom is -0.371 e. The molecule has 0 saturated carbocycles. The number of carbonyl (C=O) groups is 1. The van der Waals surface area contributed by atoms with Gasteiger partial charge in [-0.3, -0.25) is 0 Å². The van der Waals surface area contributed by atoms with E-state index in [-0.39, 0.29) is 12.1 Å². The second kappa shape index (κ2) is 9.05. The van der Waals surface area contributed by atoms with Crippen LogP contribution in [0.15, 0.2) is 47.8 Å². The molecule has 3 rings (SSSR count). The summed E-state index contributed by atoms with van der Waals surface area (Å²) in [5.41, 5.74) is 1.27. The molecule has 1 aliphatic heterocycles. The summed E-state index contributed by atoms with van der Waals surface area (Å²) in [6.45, 7) is 3.39. The molecule has 0 spiro atoms. The van der Waals surface area contributed by atoms with Gasteiger partial charge in [0.25, 0.3) is 0 Å². The zero-order valence-electron chi connectivity index (χ0n) is 15.5. The van der Waals surface area contributed by atoms with Crippen LogP contribution in [-0.4, -0.2) is 51.2 Å². The Hall–Kier alpha value is -2.05. The van der Waals surface area contributed by atoms with E-state index in [1.165, 1.54) is 10.6 Å². The fourth-order valence-corrected chi connectivity index (χ4v) is 4.30. The van der Waals surface area contributed by atoms with E-state index in [9.17, 15) is 4.79 Å². The maximum absolute atomic E-state index is 12.2. The van der Waals surface area contributed by atoms with E-state index >= 15 is 0 Å². The molecule has 1 fully saturated rings. The number of rotatable bonds is 7. The molecule has 0 bridgehead atoms. The standard InChI is InChI=1S/C20H28N4OS/c1-23(2)18(19-9-6-12-26-19)14-22-20(25)21-13-16-10-11-24(15-16)17-7-4-3-5-8-17/h3-9,12,16,18H,10-11,13-15H2,1-2H3,(H2,21,22,25). The molecule has 140 valence electrons. The average molecular weight is 373 g/mol. The van der Waals surface area contributed by atoms with E-state index in [1.54, 1.807) is 11.3 Å². The van der Waals surface area contributed by atoms with Crippen molar-refractivity contribution in [3.05, 3.63) is 52.7 Å². The monoisotopic (exact) mass is 372 g/mol. The number of para-hydroxylation sites is 1. The number of urea groups is 1. The van der Waals surface area contributed by atoms with Crippen molar-refractivity contribution in [2.75, 3.05) is 45.2 Å². The highest BCUT2D eigenvalue weighted by Gasteiger charge is 2.23. The molecule has 2 atom stereocenters. The Balaban J connectivity index is 1.40. The van der Waals surface area contributed by atoms with Gasteiger partial charge in [-0.2, -0.15) is 0 Å². The van der Waals surface area contributed by atoms with Crippen LogP contribution in [0.1, 0.15) is 17.3 Å². The second-order valence-corrected chi connectivity index (χ2v) is 8.00. The Kier molecular flexibility index (Phi) is 6.52. The normalized spacial score (nSPS) is 18.1. The Morgan fingerprint density at radius 1 is 1.23 bits per heavy atom. The summed E-state index contributed by atoms with van der Waals surface area (Å²) in [4.78, 5) is 18.0. The zero-order valence-corrected chi connectivity index (χ0v) is 16.3. The number of amides is 2. The van der Waals surface area contributed by atoms with Crippen molar-refractivity contribution in [1.82, 2.24) is 15.5 Å². The van der Waals surface area contributed by atoms with Crippen LogP contribution in [0.4, 0.5) is 10.5 Å². The topological polar surface area (TPSA) is 47.6 Å². The SMILES string of the molecule is CN(C)C(CNC(=O)NCC1CCN(c2ccccc2)C1)c1cccs1. The van der Waals surface area contributed by atoms with Crippen molar-refractivity contribution in [2.24, 2.45) is 5.92 Å². The predicted octanol–water partition coefficient (Wildman–Crippen LogP) is 3.18. The van der Waals surface area contributed by atoms with Gasteiger partial charge in [0.2, 0.25) is 0 Å². The molecule has 5 nitrogen and oxygen atoms in total. The van der Waals surface area contributed by atoms with Crippen molar-refractivity contribution >= 4 is 23.1 Å². The molecule has 0 aliphatic carbocycles. The van der Waals surface area contributed by atoms with E-state index in [2.05, 4.69) is 62.2 Å². The first kappa shape index (κ1) is 18.7. The van der Waals surface area contributed by atoms with Crippen molar-refractivity contribution < 1.29 is 4.79 Å². The van der Waals surface area contributed by atoms with E-state index in [1.807, 2.05) is 20.2 Å². The molecule has 1 aromatic carbocycles. The quantitative estimate of drug-likeness (QED) is 0.785. The van der Waals surface area contributed by atoms with Crippen LogP contribution in [0.3, 0.4) is 0 Å². The lowest BCUT2D eigenvalue weighted by atomic mass is 10.1. The number of nitrogens with one attached hydrogen (secondary N) is 2. The lowest BCUT2D eigenvalue weighted by Crippen LogP contribution is -2.42. The van der Waals surface area contributed by atoms with Crippen LogP contribution in [-0.2, 0) is 0 Å². The number of hydrogen-bond acceptors (Lipinski definition) is 4. The van der Waals surface area contributed by atoms with Gasteiger partial charge in [-0.25, -0.2) is 4.79 Å². The third-order valence-electron chi connectivity index (χ3n) is 4.91.